The van der Waals surface area contributed by atoms with Gasteiger partial charge in [-0.3, -0.25) is 0 Å². The van der Waals surface area contributed by atoms with Crippen LogP contribution in [0.25, 0.3) is 0 Å². The molecular formula is C11H14N4OS2. The van der Waals surface area contributed by atoms with Crippen LogP contribution in [0.5, 0.6) is 5.88 Å². The van der Waals surface area contributed by atoms with Crippen LogP contribution in [0.15, 0.2) is 12.1 Å². The molecule has 7 heteroatoms. The van der Waals surface area contributed by atoms with E-state index < -0.39 is 0 Å². The molecule has 0 aliphatic carbocycles. The van der Waals surface area contributed by atoms with E-state index in [2.05, 4.69) is 27.3 Å². The van der Waals surface area contributed by atoms with E-state index in [1.54, 1.807) is 30.2 Å². The van der Waals surface area contributed by atoms with Crippen molar-refractivity contribution in [3.63, 3.8) is 0 Å². The lowest BCUT2D eigenvalue weighted by Crippen LogP contribution is -1.94. The van der Waals surface area contributed by atoms with Crippen LogP contribution < -0.4 is 4.74 Å². The summed E-state index contributed by atoms with van der Waals surface area (Å²) >= 11 is 3.44. The smallest absolute Gasteiger partial charge is 0.233 e. The molecule has 0 atom stereocenters. The normalized spacial score (nSPS) is 10.6. The highest BCUT2D eigenvalue weighted by Crippen LogP contribution is 2.20. The Morgan fingerprint density at radius 2 is 1.94 bits per heavy atom. The zero-order valence-corrected chi connectivity index (χ0v) is 11.9. The summed E-state index contributed by atoms with van der Waals surface area (Å²) in [6, 6.07) is 3.75. The second kappa shape index (κ2) is 6.65. The molecule has 0 aromatic carbocycles. The van der Waals surface area contributed by atoms with Crippen molar-refractivity contribution in [3.05, 3.63) is 27.8 Å². The van der Waals surface area contributed by atoms with Crippen LogP contribution in [0.4, 0.5) is 0 Å². The van der Waals surface area contributed by atoms with Crippen molar-refractivity contribution in [3.8, 4) is 5.88 Å². The van der Waals surface area contributed by atoms with E-state index in [-0.39, 0.29) is 0 Å². The number of nitrogens with zero attached hydrogens (tertiary/aromatic N) is 4. The van der Waals surface area contributed by atoms with E-state index in [1.807, 2.05) is 12.1 Å². The standard InChI is InChI=1S/C11H14N4OS2/c1-3-10-14-15-11(18-10)7-17-6-8-4-5-9(16-2)13-12-8/h4-5H,3,6-7H2,1-2H3. The lowest BCUT2D eigenvalue weighted by atomic mass is 10.4. The van der Waals surface area contributed by atoms with E-state index in [9.17, 15) is 0 Å². The molecule has 0 amide bonds. The number of hydrogen-bond acceptors (Lipinski definition) is 7. The van der Waals surface area contributed by atoms with Crippen molar-refractivity contribution < 1.29 is 4.74 Å². The van der Waals surface area contributed by atoms with Gasteiger partial charge < -0.3 is 4.74 Å². The fourth-order valence-electron chi connectivity index (χ4n) is 1.27. The molecule has 2 rings (SSSR count). The van der Waals surface area contributed by atoms with Gasteiger partial charge in [-0.1, -0.05) is 6.92 Å². The molecule has 0 N–H and O–H groups in total. The third kappa shape index (κ3) is 3.64. The van der Waals surface area contributed by atoms with Gasteiger partial charge in [-0.05, 0) is 12.5 Å². The molecule has 0 unspecified atom stereocenters. The average Bonchev–Trinajstić information content (AvgIpc) is 2.87. The number of methoxy groups -OCH3 is 1. The summed E-state index contributed by atoms with van der Waals surface area (Å²) in [6.07, 6.45) is 0.951. The van der Waals surface area contributed by atoms with Crippen LogP contribution in [0, 0.1) is 0 Å². The Balaban J connectivity index is 1.80. The summed E-state index contributed by atoms with van der Waals surface area (Å²) in [5.41, 5.74) is 0.945. The molecule has 2 aromatic heterocycles. The predicted octanol–water partition coefficient (Wildman–Crippen LogP) is 2.33. The molecule has 0 aliphatic rings. The van der Waals surface area contributed by atoms with Gasteiger partial charge in [-0.15, -0.1) is 38.4 Å². The number of hydrogen-bond donors (Lipinski definition) is 0. The molecule has 0 aliphatic heterocycles. The van der Waals surface area contributed by atoms with Gasteiger partial charge >= 0.3 is 0 Å². The second-order valence-electron chi connectivity index (χ2n) is 3.50. The zero-order chi connectivity index (χ0) is 12.8. The molecule has 0 bridgehead atoms. The van der Waals surface area contributed by atoms with Crippen LogP contribution in [0.1, 0.15) is 22.6 Å². The Morgan fingerprint density at radius 3 is 2.56 bits per heavy atom. The van der Waals surface area contributed by atoms with Gasteiger partial charge in [0.15, 0.2) is 0 Å². The van der Waals surface area contributed by atoms with Crippen molar-refractivity contribution in [2.75, 3.05) is 7.11 Å². The molecule has 2 heterocycles. The maximum absolute atomic E-state index is 4.96. The summed E-state index contributed by atoms with van der Waals surface area (Å²) in [6.45, 7) is 2.09. The minimum absolute atomic E-state index is 0.542. The lowest BCUT2D eigenvalue weighted by molar-refractivity contribution is 0.391. The highest BCUT2D eigenvalue weighted by molar-refractivity contribution is 7.97. The van der Waals surface area contributed by atoms with E-state index in [1.165, 1.54) is 0 Å². The first-order chi connectivity index (χ1) is 8.81. The lowest BCUT2D eigenvalue weighted by Gasteiger charge is -2.00. The first-order valence-corrected chi connectivity index (χ1v) is 7.54. The fourth-order valence-corrected chi connectivity index (χ4v) is 3.03. The number of aryl methyl sites for hydroxylation is 1. The van der Waals surface area contributed by atoms with Gasteiger partial charge in [-0.25, -0.2) is 0 Å². The number of rotatable bonds is 6. The summed E-state index contributed by atoms with van der Waals surface area (Å²) in [5, 5.41) is 18.4. The zero-order valence-electron chi connectivity index (χ0n) is 10.3. The van der Waals surface area contributed by atoms with E-state index >= 15 is 0 Å². The van der Waals surface area contributed by atoms with Crippen molar-refractivity contribution in [2.24, 2.45) is 0 Å². The fraction of sp³-hybridized carbons (Fsp3) is 0.455. The van der Waals surface area contributed by atoms with Gasteiger partial charge in [0, 0.05) is 17.6 Å². The van der Waals surface area contributed by atoms with Crippen molar-refractivity contribution in [2.45, 2.75) is 24.9 Å². The predicted molar refractivity (Wildman–Crippen MR) is 72.9 cm³/mol. The minimum Gasteiger partial charge on any atom is -0.480 e. The van der Waals surface area contributed by atoms with Gasteiger partial charge in [0.25, 0.3) is 0 Å². The maximum Gasteiger partial charge on any atom is 0.233 e. The van der Waals surface area contributed by atoms with E-state index in [4.69, 9.17) is 4.74 Å². The molecule has 0 saturated heterocycles. The highest BCUT2D eigenvalue weighted by Gasteiger charge is 2.03. The molecule has 0 spiro atoms. The van der Waals surface area contributed by atoms with E-state index in [0.29, 0.717) is 5.88 Å². The largest absolute Gasteiger partial charge is 0.480 e. The summed E-state index contributed by atoms with van der Waals surface area (Å²) in [7, 11) is 1.58. The topological polar surface area (TPSA) is 60.8 Å². The van der Waals surface area contributed by atoms with Crippen LogP contribution in [0.3, 0.4) is 0 Å². The molecule has 5 nitrogen and oxygen atoms in total. The van der Waals surface area contributed by atoms with Crippen LogP contribution in [-0.4, -0.2) is 27.5 Å². The Bertz CT molecular complexity index is 486. The van der Waals surface area contributed by atoms with Crippen LogP contribution in [0.2, 0.25) is 0 Å². The maximum atomic E-state index is 4.96. The summed E-state index contributed by atoms with van der Waals surface area (Å²) in [4.78, 5) is 0. The van der Waals surface area contributed by atoms with Crippen molar-refractivity contribution in [1.82, 2.24) is 20.4 Å². The molecule has 0 radical (unpaired) electrons. The second-order valence-corrected chi connectivity index (χ2v) is 5.64. The summed E-state index contributed by atoms with van der Waals surface area (Å²) < 4.78 is 4.96. The molecule has 96 valence electrons. The Labute approximate surface area is 114 Å². The Kier molecular flexibility index (Phi) is 4.89. The number of ether oxygens (including phenoxy) is 1. The number of aromatic nitrogens is 4. The Hall–Kier alpha value is -1.21. The molecule has 18 heavy (non-hydrogen) atoms. The Morgan fingerprint density at radius 1 is 1.11 bits per heavy atom. The third-order valence-electron chi connectivity index (χ3n) is 2.19. The van der Waals surface area contributed by atoms with Crippen molar-refractivity contribution >= 4 is 23.1 Å². The molecule has 0 fully saturated rings. The number of thioether (sulfide) groups is 1. The highest BCUT2D eigenvalue weighted by atomic mass is 32.2. The quantitative estimate of drug-likeness (QED) is 0.810. The van der Waals surface area contributed by atoms with Gasteiger partial charge in [0.05, 0.1) is 12.8 Å². The van der Waals surface area contributed by atoms with Crippen molar-refractivity contribution in [1.29, 1.82) is 0 Å². The SMILES string of the molecule is CCc1nnc(CSCc2ccc(OC)nn2)s1. The van der Waals surface area contributed by atoms with E-state index in [0.717, 1.165) is 33.6 Å². The molecule has 2 aromatic rings. The minimum atomic E-state index is 0.542. The molecular weight excluding hydrogens is 268 g/mol. The van der Waals surface area contributed by atoms with Gasteiger partial charge in [-0.2, -0.15) is 5.10 Å². The van der Waals surface area contributed by atoms with Gasteiger partial charge in [0.2, 0.25) is 5.88 Å². The first kappa shape index (κ1) is 13.2. The summed E-state index contributed by atoms with van der Waals surface area (Å²) in [5.74, 6) is 2.23. The van der Waals surface area contributed by atoms with Gasteiger partial charge in [0.1, 0.15) is 10.0 Å². The monoisotopic (exact) mass is 282 g/mol. The molecule has 0 saturated carbocycles. The van der Waals surface area contributed by atoms with Crippen LogP contribution in [-0.2, 0) is 17.9 Å². The average molecular weight is 282 g/mol. The first-order valence-electron chi connectivity index (χ1n) is 5.57. The van der Waals surface area contributed by atoms with Crippen LogP contribution >= 0.6 is 23.1 Å². The third-order valence-corrected chi connectivity index (χ3v) is 4.42.